The Morgan fingerprint density at radius 3 is 2.73 bits per heavy atom. The van der Waals surface area contributed by atoms with Crippen LogP contribution in [0, 0.1) is 11.7 Å². The molecule has 2 heterocycles. The lowest BCUT2D eigenvalue weighted by molar-refractivity contribution is 0.101. The van der Waals surface area contributed by atoms with E-state index in [2.05, 4.69) is 0 Å². The van der Waals surface area contributed by atoms with Gasteiger partial charge in [-0.1, -0.05) is 13.7 Å². The molecule has 1 aliphatic heterocycles. The molecule has 0 amide bonds. The van der Waals surface area contributed by atoms with Gasteiger partial charge < -0.3 is 18.8 Å². The monoisotopic (exact) mass is 424 g/mol. The second kappa shape index (κ2) is 9.00. The third-order valence-corrected chi connectivity index (χ3v) is 4.94. The van der Waals surface area contributed by atoms with Crippen LogP contribution in [0.25, 0.3) is 11.3 Å². The van der Waals surface area contributed by atoms with E-state index in [0.29, 0.717) is 13.0 Å². The summed E-state index contributed by atoms with van der Waals surface area (Å²) in [6.45, 7) is -4.70. The summed E-state index contributed by atoms with van der Waals surface area (Å²) in [6, 6.07) is 0.272. The van der Waals surface area contributed by atoms with Gasteiger partial charge in [-0.3, -0.25) is 9.59 Å². The average Bonchev–Trinajstić information content (AvgIpc) is 2.76. The first kappa shape index (κ1) is 14.4. The minimum absolute atomic E-state index is 0.0866. The molecule has 1 aromatic carbocycles. The molecule has 0 aliphatic carbocycles. The van der Waals surface area contributed by atoms with Gasteiger partial charge in [-0.25, -0.2) is 4.39 Å². The van der Waals surface area contributed by atoms with Gasteiger partial charge in [0.2, 0.25) is 5.43 Å². The topological polar surface area (TPSA) is 66.8 Å². The highest BCUT2D eigenvalue weighted by molar-refractivity contribution is 5.94. The van der Waals surface area contributed by atoms with Gasteiger partial charge in [-0.05, 0) is 37.0 Å². The fourth-order valence-corrected chi connectivity index (χ4v) is 3.46. The second-order valence-corrected chi connectivity index (χ2v) is 6.92. The lowest BCUT2D eigenvalue weighted by Gasteiger charge is -2.34. The lowest BCUT2D eigenvalue weighted by Crippen LogP contribution is -2.30. The number of ketones is 1. The molecule has 30 heavy (non-hydrogen) atoms. The molecule has 1 aromatic heterocycles. The molecule has 0 fully saturated rings. The number of halogens is 1. The molecule has 6 nitrogen and oxygen atoms in total. The van der Waals surface area contributed by atoms with Gasteiger partial charge in [0.1, 0.15) is 0 Å². The van der Waals surface area contributed by atoms with Gasteiger partial charge in [0, 0.05) is 46.1 Å². The Labute approximate surface area is 185 Å². The number of methoxy groups -OCH3 is 2. The van der Waals surface area contributed by atoms with Crippen molar-refractivity contribution in [1.82, 2.24) is 4.57 Å². The van der Waals surface area contributed by atoms with E-state index in [0.717, 1.165) is 17.7 Å². The van der Waals surface area contributed by atoms with Crippen molar-refractivity contribution >= 4 is 5.78 Å². The summed E-state index contributed by atoms with van der Waals surface area (Å²) in [5.41, 5.74) is -2.10. The maximum absolute atomic E-state index is 15.7. The molecule has 0 unspecified atom stereocenters. The van der Waals surface area contributed by atoms with Crippen LogP contribution in [0.5, 0.6) is 11.5 Å². The SMILES string of the molecule is [2H]C([2H])([2H])C(C([2H])([2H])[2H])[C@]1([2H])Cc2cc(OCCCOC)c(OC)cc2-c2c(F)c(=O)c(C(C)=O)cn21. The van der Waals surface area contributed by atoms with Crippen molar-refractivity contribution in [1.29, 1.82) is 0 Å². The molecular weight excluding hydrogens is 389 g/mol. The number of carbonyl (C=O) groups is 1. The zero-order valence-electron chi connectivity index (χ0n) is 24.0. The fraction of sp³-hybridized carbons (Fsp3) is 0.478. The molecule has 2 aromatic rings. The van der Waals surface area contributed by atoms with Crippen LogP contribution in [0.2, 0.25) is 0 Å². The number of hydrogen-bond donors (Lipinski definition) is 0. The van der Waals surface area contributed by atoms with E-state index in [4.69, 9.17) is 22.4 Å². The Balaban J connectivity index is 2.38. The van der Waals surface area contributed by atoms with Crippen LogP contribution in [0.3, 0.4) is 0 Å². The summed E-state index contributed by atoms with van der Waals surface area (Å²) in [4.78, 5) is 24.8. The number of ether oxygens (including phenoxy) is 3. The van der Waals surface area contributed by atoms with E-state index in [1.807, 2.05) is 0 Å². The number of carbonyl (C=O) groups excluding carboxylic acids is 1. The Bertz CT molecular complexity index is 1240. The predicted octanol–water partition coefficient (Wildman–Crippen LogP) is 4.03. The van der Waals surface area contributed by atoms with E-state index in [1.54, 1.807) is 0 Å². The largest absolute Gasteiger partial charge is 0.493 e. The minimum Gasteiger partial charge on any atom is -0.493 e. The Kier molecular flexibility index (Phi) is 4.31. The van der Waals surface area contributed by atoms with Crippen molar-refractivity contribution in [3.63, 3.8) is 0 Å². The number of aromatic nitrogens is 1. The molecule has 1 aliphatic rings. The van der Waals surface area contributed by atoms with Crippen molar-refractivity contribution in [2.24, 2.45) is 5.92 Å². The summed E-state index contributed by atoms with van der Waals surface area (Å²) in [5, 5.41) is 0. The first-order valence-corrected chi connectivity index (χ1v) is 9.37. The minimum atomic E-state index is -3.18. The van der Waals surface area contributed by atoms with Gasteiger partial charge >= 0.3 is 0 Å². The first-order valence-electron chi connectivity index (χ1n) is 12.9. The van der Waals surface area contributed by atoms with Crippen molar-refractivity contribution in [2.75, 3.05) is 27.4 Å². The Morgan fingerprint density at radius 2 is 2.10 bits per heavy atom. The number of rotatable bonds is 8. The highest BCUT2D eigenvalue weighted by Gasteiger charge is 2.32. The maximum atomic E-state index is 15.7. The normalized spacial score (nSPS) is 21.7. The van der Waals surface area contributed by atoms with Crippen molar-refractivity contribution in [2.45, 2.75) is 39.5 Å². The van der Waals surface area contributed by atoms with Crippen LogP contribution in [0.4, 0.5) is 4.39 Å². The number of benzene rings is 1. The van der Waals surface area contributed by atoms with Crippen LogP contribution in [-0.2, 0) is 11.2 Å². The van der Waals surface area contributed by atoms with E-state index < -0.39 is 60.3 Å². The maximum Gasteiger partial charge on any atom is 0.228 e. The van der Waals surface area contributed by atoms with Crippen LogP contribution in [-0.4, -0.2) is 37.8 Å². The van der Waals surface area contributed by atoms with Crippen LogP contribution in [0.1, 0.15) is 58.6 Å². The second-order valence-electron chi connectivity index (χ2n) is 6.92. The molecule has 7 heteroatoms. The number of pyridine rings is 1. The number of fused-ring (bicyclic) bond motifs is 3. The molecule has 0 bridgehead atoms. The zero-order valence-corrected chi connectivity index (χ0v) is 17.0. The lowest BCUT2D eigenvalue weighted by atomic mass is 9.86. The Hall–Kier alpha value is -2.67. The van der Waals surface area contributed by atoms with E-state index in [9.17, 15) is 11.0 Å². The van der Waals surface area contributed by atoms with Gasteiger partial charge in [0.15, 0.2) is 23.1 Å². The van der Waals surface area contributed by atoms with E-state index in [1.165, 1.54) is 26.4 Å². The highest BCUT2D eigenvalue weighted by Crippen LogP contribution is 2.43. The van der Waals surface area contributed by atoms with Crippen LogP contribution >= 0.6 is 0 Å². The van der Waals surface area contributed by atoms with Crippen molar-refractivity contribution in [3.05, 3.63) is 45.5 Å². The average molecular weight is 425 g/mol. The van der Waals surface area contributed by atoms with E-state index in [-0.39, 0.29) is 29.2 Å². The van der Waals surface area contributed by atoms with Crippen LogP contribution < -0.4 is 14.9 Å². The molecule has 0 saturated heterocycles. The summed E-state index contributed by atoms with van der Waals surface area (Å²) < 4.78 is 89.6. The molecule has 0 spiro atoms. The fourth-order valence-electron chi connectivity index (χ4n) is 3.46. The number of nitrogens with zero attached hydrogens (tertiary/aromatic N) is 1. The molecule has 3 rings (SSSR count). The van der Waals surface area contributed by atoms with Crippen molar-refractivity contribution in [3.8, 4) is 22.8 Å². The smallest absolute Gasteiger partial charge is 0.228 e. The molecule has 162 valence electrons. The summed E-state index contributed by atoms with van der Waals surface area (Å²) in [6.07, 6.45) is 0.917. The zero-order chi connectivity index (χ0) is 27.9. The third kappa shape index (κ3) is 3.99. The molecular formula is C23H28FNO5. The Morgan fingerprint density at radius 1 is 1.33 bits per heavy atom. The van der Waals surface area contributed by atoms with Gasteiger partial charge in [0.05, 0.1) is 26.3 Å². The predicted molar refractivity (Wildman–Crippen MR) is 112 cm³/mol. The van der Waals surface area contributed by atoms with E-state index >= 15 is 4.39 Å². The van der Waals surface area contributed by atoms with Crippen molar-refractivity contribution < 1.29 is 33.0 Å². The summed E-state index contributed by atoms with van der Waals surface area (Å²) in [7, 11) is 2.88. The molecule has 0 N–H and O–H groups in total. The third-order valence-electron chi connectivity index (χ3n) is 4.94. The highest BCUT2D eigenvalue weighted by atomic mass is 19.1. The van der Waals surface area contributed by atoms with Gasteiger partial charge in [-0.15, -0.1) is 0 Å². The quantitative estimate of drug-likeness (QED) is 0.473. The standard InChI is InChI=1S/C23H28FNO5/c1-13(2)18-9-15-10-20(30-8-6-7-28-4)19(29-5)11-16(15)22-21(24)23(27)17(14(3)26)12-25(18)22/h10-13,18H,6-9H2,1-5H3/t18-/m0/s1/i1D3,2D3,18D. The first-order chi connectivity index (χ1) is 17.1. The van der Waals surface area contributed by atoms with Gasteiger partial charge in [-0.2, -0.15) is 0 Å². The molecule has 0 radical (unpaired) electrons. The van der Waals surface area contributed by atoms with Gasteiger partial charge in [0.25, 0.3) is 0 Å². The number of Topliss-reactive ketones (excluding diaryl/α,β-unsaturated/α-hetero) is 1. The summed E-state index contributed by atoms with van der Waals surface area (Å²) >= 11 is 0. The molecule has 0 saturated carbocycles. The van der Waals surface area contributed by atoms with Crippen LogP contribution in [0.15, 0.2) is 23.1 Å². The molecule has 1 atom stereocenters. The summed E-state index contributed by atoms with van der Waals surface area (Å²) in [5.74, 6) is -4.14. The number of hydrogen-bond acceptors (Lipinski definition) is 5.